The molecule has 5 nitrogen and oxygen atoms in total. The van der Waals surface area contributed by atoms with E-state index < -0.39 is 5.97 Å². The van der Waals surface area contributed by atoms with E-state index in [1.165, 1.54) is 0 Å². The van der Waals surface area contributed by atoms with Gasteiger partial charge >= 0.3 is 5.97 Å². The minimum atomic E-state index is -1.02. The molecule has 0 fully saturated rings. The van der Waals surface area contributed by atoms with Crippen molar-refractivity contribution in [2.75, 3.05) is 5.32 Å². The molecule has 2 N–H and O–H groups in total. The first-order valence-corrected chi connectivity index (χ1v) is 12.6. The van der Waals surface area contributed by atoms with Gasteiger partial charge in [0.1, 0.15) is 11.3 Å². The number of carbonyl (C=O) groups is 1. The predicted molar refractivity (Wildman–Crippen MR) is 156 cm³/mol. The zero-order valence-corrected chi connectivity index (χ0v) is 21.9. The first-order valence-electron chi connectivity index (χ1n) is 12.6. The van der Waals surface area contributed by atoms with Crippen LogP contribution in [-0.2, 0) is 0 Å². The topological polar surface area (TPSA) is 79.5 Å². The Hall–Kier alpha value is -5.08. The number of benzene rings is 4. The number of anilines is 1. The third-order valence-electron chi connectivity index (χ3n) is 6.90. The van der Waals surface area contributed by atoms with Gasteiger partial charge in [0.2, 0.25) is 0 Å². The van der Waals surface area contributed by atoms with Crippen molar-refractivity contribution in [1.29, 1.82) is 0 Å². The Morgan fingerprint density at radius 2 is 1.64 bits per heavy atom. The highest BCUT2D eigenvalue weighted by molar-refractivity contribution is 5.94. The second-order valence-corrected chi connectivity index (χ2v) is 9.64. The van der Waals surface area contributed by atoms with Crippen LogP contribution in [0.2, 0.25) is 0 Å². The average molecular weight is 514 g/mol. The van der Waals surface area contributed by atoms with E-state index in [0.717, 1.165) is 33.4 Å². The van der Waals surface area contributed by atoms with Crippen LogP contribution >= 0.6 is 0 Å². The maximum atomic E-state index is 13.5. The molecule has 0 spiro atoms. The number of rotatable bonds is 6. The van der Waals surface area contributed by atoms with Crippen LogP contribution in [0.15, 0.2) is 94.1 Å². The molecule has 4 aromatic carbocycles. The molecular weight excluding hydrogens is 486 g/mol. The number of carboxylic acids is 1. The fraction of sp³-hybridized carbons (Fsp3) is 0.118. The van der Waals surface area contributed by atoms with Crippen LogP contribution in [-0.4, -0.2) is 11.1 Å². The molecule has 0 bridgehead atoms. The van der Waals surface area contributed by atoms with Crippen LogP contribution in [0.5, 0.6) is 0 Å². The molecule has 0 amide bonds. The van der Waals surface area contributed by atoms with Crippen molar-refractivity contribution in [2.45, 2.75) is 26.8 Å². The summed E-state index contributed by atoms with van der Waals surface area (Å²) >= 11 is 0. The van der Waals surface area contributed by atoms with E-state index in [-0.39, 0.29) is 17.0 Å². The molecule has 0 saturated carbocycles. The Labute approximate surface area is 226 Å². The van der Waals surface area contributed by atoms with E-state index in [2.05, 4.69) is 11.2 Å². The van der Waals surface area contributed by atoms with E-state index in [1.54, 1.807) is 31.2 Å². The molecule has 1 atom stereocenters. The van der Waals surface area contributed by atoms with Crippen molar-refractivity contribution in [1.82, 2.24) is 0 Å². The summed E-state index contributed by atoms with van der Waals surface area (Å²) in [5.74, 6) is 2.15. The Balaban J connectivity index is 1.59. The summed E-state index contributed by atoms with van der Waals surface area (Å²) in [6, 6.07) is 25.8. The lowest BCUT2D eigenvalue weighted by atomic mass is 9.97. The summed E-state index contributed by atoms with van der Waals surface area (Å²) in [6.07, 6.45) is 5.56. The van der Waals surface area contributed by atoms with Gasteiger partial charge < -0.3 is 14.8 Å². The van der Waals surface area contributed by atoms with Crippen molar-refractivity contribution >= 4 is 22.6 Å². The molecule has 5 rings (SSSR count). The summed E-state index contributed by atoms with van der Waals surface area (Å²) in [7, 11) is 0. The molecular formula is C34H27NO4. The van der Waals surface area contributed by atoms with Gasteiger partial charge in [0.05, 0.1) is 17.0 Å². The van der Waals surface area contributed by atoms with Gasteiger partial charge in [0.15, 0.2) is 5.43 Å². The monoisotopic (exact) mass is 513 g/mol. The fourth-order valence-electron chi connectivity index (χ4n) is 4.87. The molecule has 5 aromatic rings. The van der Waals surface area contributed by atoms with Gasteiger partial charge in [-0.3, -0.25) is 4.79 Å². The first kappa shape index (κ1) is 25.6. The summed E-state index contributed by atoms with van der Waals surface area (Å²) in [6.45, 7) is 5.63. The lowest BCUT2D eigenvalue weighted by Crippen LogP contribution is -2.14. The van der Waals surface area contributed by atoms with Crippen molar-refractivity contribution in [3.05, 3.63) is 123 Å². The van der Waals surface area contributed by atoms with Gasteiger partial charge in [0, 0.05) is 27.9 Å². The van der Waals surface area contributed by atoms with Crippen molar-refractivity contribution in [3.63, 3.8) is 0 Å². The molecule has 0 radical (unpaired) electrons. The Morgan fingerprint density at radius 3 is 2.36 bits per heavy atom. The number of aryl methyl sites for hydroxylation is 1. The van der Waals surface area contributed by atoms with Crippen LogP contribution in [0.1, 0.15) is 45.6 Å². The molecule has 1 heterocycles. The summed E-state index contributed by atoms with van der Waals surface area (Å²) < 4.78 is 6.48. The van der Waals surface area contributed by atoms with Crippen molar-refractivity contribution in [3.8, 4) is 34.8 Å². The largest absolute Gasteiger partial charge is 0.478 e. The van der Waals surface area contributed by atoms with E-state index in [4.69, 9.17) is 10.8 Å². The van der Waals surface area contributed by atoms with Gasteiger partial charge in [-0.05, 0) is 67.8 Å². The quantitative estimate of drug-likeness (QED) is 0.229. The third kappa shape index (κ3) is 4.93. The molecule has 0 aliphatic carbocycles. The summed E-state index contributed by atoms with van der Waals surface area (Å²) in [5, 5.41) is 13.4. The maximum Gasteiger partial charge on any atom is 0.337 e. The van der Waals surface area contributed by atoms with Crippen LogP contribution < -0.4 is 10.7 Å². The average Bonchev–Trinajstić information content (AvgIpc) is 2.95. The molecule has 0 aliphatic rings. The molecule has 5 heteroatoms. The number of fused-ring (bicyclic) bond motifs is 1. The number of hydrogen-bond donors (Lipinski definition) is 2. The normalized spacial score (nSPS) is 11.6. The third-order valence-corrected chi connectivity index (χ3v) is 6.90. The standard InChI is InChI=1S/C34H27NO4/c1-5-23-9-8-10-26(19-23)24-13-15-25(16-14-24)32-21(3)31(36)29-18-20(2)17-28(33(29)39-32)22(4)35-30-12-7-6-11-27(30)34(37)38/h1,6-19,22,35H,2-4H3,(H,37,38). The fourth-order valence-corrected chi connectivity index (χ4v) is 4.87. The first-order chi connectivity index (χ1) is 18.8. The van der Waals surface area contributed by atoms with E-state index in [9.17, 15) is 14.7 Å². The van der Waals surface area contributed by atoms with E-state index in [1.807, 2.05) is 74.5 Å². The molecule has 1 unspecified atom stereocenters. The van der Waals surface area contributed by atoms with Crippen LogP contribution in [0, 0.1) is 26.2 Å². The molecule has 1 aromatic heterocycles. The van der Waals surface area contributed by atoms with Crippen molar-refractivity contribution in [2.24, 2.45) is 0 Å². The molecule has 0 saturated heterocycles. The Kier molecular flexibility index (Phi) is 6.79. The molecule has 39 heavy (non-hydrogen) atoms. The molecule has 192 valence electrons. The summed E-state index contributed by atoms with van der Waals surface area (Å²) in [4.78, 5) is 25.3. The second-order valence-electron chi connectivity index (χ2n) is 9.64. The highest BCUT2D eigenvalue weighted by atomic mass is 16.4. The zero-order valence-electron chi connectivity index (χ0n) is 21.9. The lowest BCUT2D eigenvalue weighted by Gasteiger charge is -2.20. The van der Waals surface area contributed by atoms with Gasteiger partial charge in [-0.15, -0.1) is 6.42 Å². The van der Waals surface area contributed by atoms with Crippen LogP contribution in [0.3, 0.4) is 0 Å². The zero-order chi connectivity index (χ0) is 27.7. The lowest BCUT2D eigenvalue weighted by molar-refractivity contribution is 0.0698. The number of nitrogens with one attached hydrogen (secondary N) is 1. The number of para-hydroxylation sites is 1. The highest BCUT2D eigenvalue weighted by Gasteiger charge is 2.20. The second kappa shape index (κ2) is 10.4. The van der Waals surface area contributed by atoms with Crippen LogP contribution in [0.4, 0.5) is 5.69 Å². The minimum Gasteiger partial charge on any atom is -0.478 e. The number of carboxylic acid groups (broad SMARTS) is 1. The predicted octanol–water partition coefficient (Wildman–Crippen LogP) is 7.60. The van der Waals surface area contributed by atoms with Crippen LogP contribution in [0.25, 0.3) is 33.4 Å². The SMILES string of the molecule is C#Cc1cccc(-c2ccc(-c3oc4c(C(C)Nc5ccccc5C(=O)O)cc(C)cc4c(=O)c3C)cc2)c1. The summed E-state index contributed by atoms with van der Waals surface area (Å²) in [5.41, 5.74) is 6.86. The Bertz CT molecular complexity index is 1820. The van der Waals surface area contributed by atoms with Gasteiger partial charge in [-0.1, -0.05) is 60.5 Å². The number of hydrogen-bond acceptors (Lipinski definition) is 4. The highest BCUT2D eigenvalue weighted by Crippen LogP contribution is 2.33. The molecule has 0 aliphatic heterocycles. The number of aromatic carboxylic acids is 1. The minimum absolute atomic E-state index is 0.0971. The van der Waals surface area contributed by atoms with Gasteiger partial charge in [-0.25, -0.2) is 4.79 Å². The van der Waals surface area contributed by atoms with E-state index in [0.29, 0.717) is 28.0 Å². The van der Waals surface area contributed by atoms with Gasteiger partial charge in [-0.2, -0.15) is 0 Å². The number of terminal acetylenes is 1. The maximum absolute atomic E-state index is 13.5. The van der Waals surface area contributed by atoms with Crippen molar-refractivity contribution < 1.29 is 14.3 Å². The smallest absolute Gasteiger partial charge is 0.337 e. The van der Waals surface area contributed by atoms with E-state index >= 15 is 0 Å². The van der Waals surface area contributed by atoms with Gasteiger partial charge in [0.25, 0.3) is 0 Å². The Morgan fingerprint density at radius 1 is 0.923 bits per heavy atom.